The lowest BCUT2D eigenvalue weighted by molar-refractivity contribution is -0.137. The van der Waals surface area contributed by atoms with Crippen LogP contribution in [0.15, 0.2) is 48.5 Å². The third kappa shape index (κ3) is 3.15. The summed E-state index contributed by atoms with van der Waals surface area (Å²) in [5, 5.41) is 0. The van der Waals surface area contributed by atoms with Crippen LogP contribution in [-0.2, 0) is 22.2 Å². The van der Waals surface area contributed by atoms with Gasteiger partial charge in [-0.1, -0.05) is 24.3 Å². The van der Waals surface area contributed by atoms with Crippen LogP contribution in [0.1, 0.15) is 24.5 Å². The van der Waals surface area contributed by atoms with Crippen LogP contribution in [-0.4, -0.2) is 24.4 Å². The minimum absolute atomic E-state index is 0.000462. The predicted molar refractivity (Wildman–Crippen MR) is 99.0 cm³/mol. The lowest BCUT2D eigenvalue weighted by Crippen LogP contribution is -2.41. The molecule has 0 aromatic heterocycles. The van der Waals surface area contributed by atoms with E-state index in [9.17, 15) is 22.8 Å². The van der Waals surface area contributed by atoms with E-state index in [2.05, 4.69) is 0 Å². The fourth-order valence-electron chi connectivity index (χ4n) is 4.07. The molecule has 2 amide bonds. The molecule has 146 valence electrons. The van der Waals surface area contributed by atoms with Gasteiger partial charge in [0.2, 0.25) is 11.8 Å². The summed E-state index contributed by atoms with van der Waals surface area (Å²) in [5.74, 6) is -1.06. The van der Waals surface area contributed by atoms with Crippen LogP contribution in [0.3, 0.4) is 0 Å². The predicted octanol–water partition coefficient (Wildman–Crippen LogP) is 4.04. The van der Waals surface area contributed by atoms with Crippen LogP contribution in [0.25, 0.3) is 0 Å². The molecule has 2 unspecified atom stereocenters. The van der Waals surface area contributed by atoms with E-state index in [-0.39, 0.29) is 36.5 Å². The van der Waals surface area contributed by atoms with Crippen molar-refractivity contribution in [3.63, 3.8) is 0 Å². The van der Waals surface area contributed by atoms with Crippen LogP contribution in [0.5, 0.6) is 0 Å². The van der Waals surface area contributed by atoms with Gasteiger partial charge in [0.15, 0.2) is 0 Å². The molecule has 4 rings (SSSR count). The monoisotopic (exact) mass is 388 g/mol. The Balaban J connectivity index is 1.57. The van der Waals surface area contributed by atoms with Crippen LogP contribution >= 0.6 is 0 Å². The molecule has 4 nitrogen and oxygen atoms in total. The van der Waals surface area contributed by atoms with Gasteiger partial charge in [0, 0.05) is 30.4 Å². The van der Waals surface area contributed by atoms with Gasteiger partial charge in [0.05, 0.1) is 11.5 Å². The van der Waals surface area contributed by atoms with Crippen molar-refractivity contribution in [3.8, 4) is 0 Å². The Kier molecular flexibility index (Phi) is 4.40. The summed E-state index contributed by atoms with van der Waals surface area (Å²) in [6, 6.07) is 12.3. The minimum Gasteiger partial charge on any atom is -0.312 e. The third-order valence-corrected chi connectivity index (χ3v) is 5.40. The van der Waals surface area contributed by atoms with E-state index >= 15 is 0 Å². The van der Waals surface area contributed by atoms with E-state index in [1.165, 1.54) is 17.0 Å². The van der Waals surface area contributed by atoms with Gasteiger partial charge in [-0.15, -0.1) is 0 Å². The molecule has 7 heteroatoms. The maximum Gasteiger partial charge on any atom is 0.416 e. The molecular weight excluding hydrogens is 369 g/mol. The second kappa shape index (κ2) is 6.65. The van der Waals surface area contributed by atoms with Crippen molar-refractivity contribution in [2.75, 3.05) is 16.3 Å². The molecule has 2 aliphatic rings. The molecule has 2 heterocycles. The SMILES string of the molecule is CC1Cc2ccccc2N1C(=O)C1CC(=O)N(c2cccc(C(F)(F)F)c2)C1. The molecule has 2 aromatic rings. The Morgan fingerprint density at radius 2 is 1.82 bits per heavy atom. The number of halogens is 3. The summed E-state index contributed by atoms with van der Waals surface area (Å²) in [5.41, 5.74) is 1.30. The first-order valence-corrected chi connectivity index (χ1v) is 9.14. The molecule has 0 radical (unpaired) electrons. The van der Waals surface area contributed by atoms with Crippen molar-refractivity contribution < 1.29 is 22.8 Å². The fraction of sp³-hybridized carbons (Fsp3) is 0.333. The van der Waals surface area contributed by atoms with Crippen molar-refractivity contribution in [1.82, 2.24) is 0 Å². The average Bonchev–Trinajstić information content (AvgIpc) is 3.20. The molecule has 0 saturated carbocycles. The van der Waals surface area contributed by atoms with Crippen molar-refractivity contribution in [1.29, 1.82) is 0 Å². The number of amides is 2. The van der Waals surface area contributed by atoms with Gasteiger partial charge < -0.3 is 9.80 Å². The van der Waals surface area contributed by atoms with Crippen LogP contribution in [0.2, 0.25) is 0 Å². The number of anilines is 2. The Morgan fingerprint density at radius 3 is 2.57 bits per heavy atom. The number of benzene rings is 2. The van der Waals surface area contributed by atoms with Crippen LogP contribution in [0.4, 0.5) is 24.5 Å². The van der Waals surface area contributed by atoms with E-state index in [1.807, 2.05) is 31.2 Å². The lowest BCUT2D eigenvalue weighted by Gasteiger charge is -2.26. The van der Waals surface area contributed by atoms with Gasteiger partial charge >= 0.3 is 6.18 Å². The van der Waals surface area contributed by atoms with E-state index in [4.69, 9.17) is 0 Å². The molecule has 2 aliphatic heterocycles. The number of hydrogen-bond acceptors (Lipinski definition) is 2. The summed E-state index contributed by atoms with van der Waals surface area (Å²) in [6.07, 6.45) is -3.73. The maximum atomic E-state index is 13.1. The zero-order chi connectivity index (χ0) is 20.1. The molecule has 0 aliphatic carbocycles. The molecule has 0 spiro atoms. The highest BCUT2D eigenvalue weighted by Crippen LogP contribution is 2.36. The topological polar surface area (TPSA) is 40.6 Å². The number of carbonyl (C=O) groups excluding carboxylic acids is 2. The van der Waals surface area contributed by atoms with Crippen molar-refractivity contribution in [2.45, 2.75) is 32.0 Å². The lowest BCUT2D eigenvalue weighted by atomic mass is 10.1. The van der Waals surface area contributed by atoms with E-state index < -0.39 is 17.7 Å². The number of carbonyl (C=O) groups is 2. The number of nitrogens with zero attached hydrogens (tertiary/aromatic N) is 2. The third-order valence-electron chi connectivity index (χ3n) is 5.40. The second-order valence-corrected chi connectivity index (χ2v) is 7.34. The maximum absolute atomic E-state index is 13.1. The Labute approximate surface area is 160 Å². The summed E-state index contributed by atoms with van der Waals surface area (Å²) in [7, 11) is 0. The van der Waals surface area contributed by atoms with Crippen molar-refractivity contribution >= 4 is 23.2 Å². The Morgan fingerprint density at radius 1 is 1.07 bits per heavy atom. The number of fused-ring (bicyclic) bond motifs is 1. The summed E-state index contributed by atoms with van der Waals surface area (Å²) in [4.78, 5) is 28.6. The first-order valence-electron chi connectivity index (χ1n) is 9.14. The van der Waals surface area contributed by atoms with E-state index in [0.717, 1.165) is 29.8 Å². The normalized spacial score (nSPS) is 21.9. The van der Waals surface area contributed by atoms with E-state index in [1.54, 1.807) is 4.90 Å². The molecular formula is C21H19F3N2O2. The minimum atomic E-state index is -4.48. The first-order chi connectivity index (χ1) is 13.3. The molecule has 2 aromatic carbocycles. The summed E-state index contributed by atoms with van der Waals surface area (Å²) in [6.45, 7) is 2.05. The summed E-state index contributed by atoms with van der Waals surface area (Å²) >= 11 is 0. The zero-order valence-corrected chi connectivity index (χ0v) is 15.2. The highest BCUT2D eigenvalue weighted by atomic mass is 19.4. The average molecular weight is 388 g/mol. The molecule has 0 bridgehead atoms. The fourth-order valence-corrected chi connectivity index (χ4v) is 4.07. The van der Waals surface area contributed by atoms with Gasteiger partial charge in [-0.25, -0.2) is 0 Å². The number of hydrogen-bond donors (Lipinski definition) is 0. The standard InChI is InChI=1S/C21H19F3N2O2/c1-13-9-14-5-2-3-8-18(14)26(13)20(28)15-10-19(27)25(12-15)17-7-4-6-16(11-17)21(22,23)24/h2-8,11,13,15H,9-10,12H2,1H3. The molecule has 28 heavy (non-hydrogen) atoms. The van der Waals surface area contributed by atoms with Crippen molar-refractivity contribution in [2.24, 2.45) is 5.92 Å². The zero-order valence-electron chi connectivity index (χ0n) is 15.2. The smallest absolute Gasteiger partial charge is 0.312 e. The summed E-state index contributed by atoms with van der Waals surface area (Å²) < 4.78 is 38.9. The second-order valence-electron chi connectivity index (χ2n) is 7.34. The Bertz CT molecular complexity index is 941. The van der Waals surface area contributed by atoms with Crippen LogP contribution in [0, 0.1) is 5.92 Å². The number of para-hydroxylation sites is 1. The number of alkyl halides is 3. The van der Waals surface area contributed by atoms with Gasteiger partial charge in [0.25, 0.3) is 0 Å². The van der Waals surface area contributed by atoms with Gasteiger partial charge in [-0.2, -0.15) is 13.2 Å². The highest BCUT2D eigenvalue weighted by Gasteiger charge is 2.41. The molecule has 1 fully saturated rings. The molecule has 1 saturated heterocycles. The molecule has 2 atom stereocenters. The van der Waals surface area contributed by atoms with Gasteiger partial charge in [-0.05, 0) is 43.2 Å². The van der Waals surface area contributed by atoms with Gasteiger partial charge in [0.1, 0.15) is 0 Å². The quantitative estimate of drug-likeness (QED) is 0.779. The largest absolute Gasteiger partial charge is 0.416 e. The molecule has 0 N–H and O–H groups in total. The van der Waals surface area contributed by atoms with Gasteiger partial charge in [-0.3, -0.25) is 9.59 Å². The highest BCUT2D eigenvalue weighted by molar-refractivity contribution is 6.05. The van der Waals surface area contributed by atoms with E-state index in [0.29, 0.717) is 0 Å². The first kappa shape index (κ1) is 18.5. The number of rotatable bonds is 2. The van der Waals surface area contributed by atoms with Crippen molar-refractivity contribution in [3.05, 3.63) is 59.7 Å². The van der Waals surface area contributed by atoms with Crippen LogP contribution < -0.4 is 9.80 Å². The Hall–Kier alpha value is -2.83.